The van der Waals surface area contributed by atoms with Gasteiger partial charge in [-0.2, -0.15) is 5.10 Å². The minimum atomic E-state index is -3.22. The van der Waals surface area contributed by atoms with Crippen LogP contribution in [0.4, 0.5) is 5.69 Å². The first-order valence-electron chi connectivity index (χ1n) is 10.7. The van der Waals surface area contributed by atoms with Crippen molar-refractivity contribution in [2.45, 2.75) is 44.3 Å². The fourth-order valence-corrected chi connectivity index (χ4v) is 6.50. The van der Waals surface area contributed by atoms with Gasteiger partial charge in [0, 0.05) is 12.5 Å². The van der Waals surface area contributed by atoms with E-state index in [-0.39, 0.29) is 42.2 Å². The van der Waals surface area contributed by atoms with E-state index in [1.54, 1.807) is 6.92 Å². The molecule has 0 bridgehead atoms. The van der Waals surface area contributed by atoms with Crippen molar-refractivity contribution in [2.75, 3.05) is 36.2 Å². The van der Waals surface area contributed by atoms with Gasteiger partial charge in [0.1, 0.15) is 11.8 Å². The van der Waals surface area contributed by atoms with Gasteiger partial charge in [0.15, 0.2) is 9.84 Å². The van der Waals surface area contributed by atoms with E-state index in [0.717, 1.165) is 25.9 Å². The molecule has 3 aliphatic heterocycles. The molecule has 2 saturated heterocycles. The Hall–Kier alpha value is -2.46. The minimum Gasteiger partial charge on any atom is -0.461 e. The number of likely N-dealkylation sites (tertiary alicyclic amines) is 1. The van der Waals surface area contributed by atoms with Crippen LogP contribution in [0.25, 0.3) is 0 Å². The van der Waals surface area contributed by atoms with E-state index in [2.05, 4.69) is 15.3 Å². The van der Waals surface area contributed by atoms with Crippen LogP contribution < -0.4 is 10.3 Å². The lowest BCUT2D eigenvalue weighted by Gasteiger charge is -2.30. The molecule has 4 rings (SSSR count). The average molecular weight is 449 g/mol. The fraction of sp³-hybridized carbons (Fsp3) is 0.571. The summed E-state index contributed by atoms with van der Waals surface area (Å²) >= 11 is 0. The third-order valence-corrected chi connectivity index (χ3v) is 7.72. The van der Waals surface area contributed by atoms with Gasteiger partial charge in [-0.05, 0) is 45.0 Å². The van der Waals surface area contributed by atoms with Gasteiger partial charge in [0.05, 0.1) is 29.8 Å². The van der Waals surface area contributed by atoms with Crippen LogP contribution in [0.5, 0.6) is 0 Å². The zero-order chi connectivity index (χ0) is 22.0. The molecular formula is C21H28N4O5S. The Labute approximate surface area is 182 Å². The second-order valence-corrected chi connectivity index (χ2v) is 10.3. The van der Waals surface area contributed by atoms with Crippen LogP contribution in [0, 0.1) is 0 Å². The molecule has 10 heteroatoms. The molecule has 0 spiro atoms. The third kappa shape index (κ3) is 4.74. The molecule has 1 N–H and O–H groups in total. The second kappa shape index (κ2) is 8.96. The van der Waals surface area contributed by atoms with E-state index in [1.807, 2.05) is 30.3 Å². The van der Waals surface area contributed by atoms with Crippen LogP contribution in [-0.4, -0.2) is 80.2 Å². The largest absolute Gasteiger partial charge is 0.461 e. The number of hydrogen-bond acceptors (Lipinski definition) is 8. The molecule has 1 amide bonds. The van der Waals surface area contributed by atoms with Crippen LogP contribution in [-0.2, 0) is 24.2 Å². The number of para-hydroxylation sites is 1. The highest BCUT2D eigenvalue weighted by atomic mass is 32.2. The Balaban J connectivity index is 1.54. The SMILES string of the molecule is CCOC(=O)C1=NN(c2ccccc2)C(C(=O)NC2CS(=O)(=O)CC2N2CCCC2)C1. The molecule has 3 unspecified atom stereocenters. The van der Waals surface area contributed by atoms with Crippen LogP contribution >= 0.6 is 0 Å². The van der Waals surface area contributed by atoms with Crippen molar-refractivity contribution >= 4 is 33.1 Å². The number of hydrazone groups is 1. The summed E-state index contributed by atoms with van der Waals surface area (Å²) in [5.74, 6) is -0.880. The van der Waals surface area contributed by atoms with Gasteiger partial charge < -0.3 is 10.1 Å². The quantitative estimate of drug-likeness (QED) is 0.634. The molecule has 0 aliphatic carbocycles. The average Bonchev–Trinajstić information content (AvgIpc) is 3.47. The highest BCUT2D eigenvalue weighted by molar-refractivity contribution is 7.91. The van der Waals surface area contributed by atoms with Gasteiger partial charge in [-0.1, -0.05) is 18.2 Å². The summed E-state index contributed by atoms with van der Waals surface area (Å²) in [6.07, 6.45) is 2.18. The predicted molar refractivity (Wildman–Crippen MR) is 117 cm³/mol. The number of carbonyl (C=O) groups is 2. The van der Waals surface area contributed by atoms with Crippen molar-refractivity contribution in [2.24, 2.45) is 5.10 Å². The van der Waals surface area contributed by atoms with Gasteiger partial charge in [0.2, 0.25) is 5.91 Å². The van der Waals surface area contributed by atoms with E-state index in [1.165, 1.54) is 5.01 Å². The lowest BCUT2D eigenvalue weighted by molar-refractivity contribution is -0.135. The Morgan fingerprint density at radius 1 is 1.16 bits per heavy atom. The number of anilines is 1. The number of amides is 1. The first-order chi connectivity index (χ1) is 14.9. The van der Waals surface area contributed by atoms with Gasteiger partial charge in [0.25, 0.3) is 0 Å². The summed E-state index contributed by atoms with van der Waals surface area (Å²) in [7, 11) is -3.22. The maximum Gasteiger partial charge on any atom is 0.354 e. The zero-order valence-electron chi connectivity index (χ0n) is 17.6. The number of ether oxygens (including phenoxy) is 1. The molecular weight excluding hydrogens is 420 g/mol. The van der Waals surface area contributed by atoms with Crippen molar-refractivity contribution in [3.63, 3.8) is 0 Å². The number of sulfone groups is 1. The van der Waals surface area contributed by atoms with Crippen molar-refractivity contribution in [1.29, 1.82) is 0 Å². The molecule has 1 aromatic rings. The summed E-state index contributed by atoms with van der Waals surface area (Å²) in [5, 5.41) is 8.86. The lowest BCUT2D eigenvalue weighted by atomic mass is 10.1. The van der Waals surface area contributed by atoms with Crippen LogP contribution in [0.15, 0.2) is 35.4 Å². The summed E-state index contributed by atoms with van der Waals surface area (Å²) in [6.45, 7) is 3.63. The molecule has 1 aromatic carbocycles. The van der Waals surface area contributed by atoms with Crippen molar-refractivity contribution in [1.82, 2.24) is 10.2 Å². The Morgan fingerprint density at radius 3 is 2.55 bits per heavy atom. The molecule has 3 heterocycles. The fourth-order valence-electron chi connectivity index (χ4n) is 4.55. The number of carbonyl (C=O) groups excluding carboxylic acids is 2. The number of nitrogens with zero attached hydrogens (tertiary/aromatic N) is 3. The highest BCUT2D eigenvalue weighted by Gasteiger charge is 2.44. The maximum absolute atomic E-state index is 13.3. The molecule has 3 aliphatic rings. The zero-order valence-corrected chi connectivity index (χ0v) is 18.4. The Morgan fingerprint density at radius 2 is 1.87 bits per heavy atom. The summed E-state index contributed by atoms with van der Waals surface area (Å²) < 4.78 is 29.7. The maximum atomic E-state index is 13.3. The normalized spacial score (nSPS) is 27.8. The summed E-state index contributed by atoms with van der Waals surface area (Å²) in [6, 6.07) is 7.70. The van der Waals surface area contributed by atoms with Gasteiger partial charge in [-0.15, -0.1) is 0 Å². The molecule has 0 saturated carbocycles. The second-order valence-electron chi connectivity index (χ2n) is 8.17. The van der Waals surface area contributed by atoms with Gasteiger partial charge in [-0.25, -0.2) is 13.2 Å². The number of rotatable bonds is 6. The minimum absolute atomic E-state index is 0.0651. The van der Waals surface area contributed by atoms with Crippen molar-refractivity contribution in [3.8, 4) is 0 Å². The molecule has 3 atom stereocenters. The molecule has 9 nitrogen and oxygen atoms in total. The Kier molecular flexibility index (Phi) is 6.29. The standard InChI is InChI=1S/C21H28N4O5S/c1-2-30-21(27)16-12-18(25(23-16)15-8-4-3-5-9-15)20(26)22-17-13-31(28,29)14-19(17)24-10-6-7-11-24/h3-5,8-9,17-19H,2,6-7,10-14H2,1H3,(H,22,26). The highest BCUT2D eigenvalue weighted by Crippen LogP contribution is 2.27. The van der Waals surface area contributed by atoms with E-state index < -0.39 is 27.9 Å². The summed E-state index contributed by atoms with van der Waals surface area (Å²) in [5.41, 5.74) is 0.859. The summed E-state index contributed by atoms with van der Waals surface area (Å²) in [4.78, 5) is 27.7. The number of nitrogens with one attached hydrogen (secondary N) is 1. The van der Waals surface area contributed by atoms with Crippen LogP contribution in [0.2, 0.25) is 0 Å². The number of esters is 1. The van der Waals surface area contributed by atoms with Gasteiger partial charge in [-0.3, -0.25) is 14.7 Å². The van der Waals surface area contributed by atoms with Crippen LogP contribution in [0.1, 0.15) is 26.2 Å². The lowest BCUT2D eigenvalue weighted by Crippen LogP contribution is -2.54. The van der Waals surface area contributed by atoms with E-state index in [0.29, 0.717) is 5.69 Å². The molecule has 2 fully saturated rings. The van der Waals surface area contributed by atoms with Crippen molar-refractivity contribution < 1.29 is 22.7 Å². The third-order valence-electron chi connectivity index (χ3n) is 6.00. The molecule has 168 valence electrons. The Bertz CT molecular complexity index is 959. The number of hydrogen-bond donors (Lipinski definition) is 1. The first-order valence-corrected chi connectivity index (χ1v) is 12.5. The predicted octanol–water partition coefficient (Wildman–Crippen LogP) is 0.562. The molecule has 0 aromatic heterocycles. The molecule has 0 radical (unpaired) electrons. The smallest absolute Gasteiger partial charge is 0.354 e. The van der Waals surface area contributed by atoms with Gasteiger partial charge >= 0.3 is 5.97 Å². The number of benzene rings is 1. The van der Waals surface area contributed by atoms with Crippen LogP contribution in [0.3, 0.4) is 0 Å². The topological polar surface area (TPSA) is 108 Å². The first kappa shape index (κ1) is 21.8. The molecule has 31 heavy (non-hydrogen) atoms. The van der Waals surface area contributed by atoms with Crippen molar-refractivity contribution in [3.05, 3.63) is 30.3 Å². The van der Waals surface area contributed by atoms with E-state index >= 15 is 0 Å². The van der Waals surface area contributed by atoms with E-state index in [4.69, 9.17) is 4.74 Å². The van der Waals surface area contributed by atoms with E-state index in [9.17, 15) is 18.0 Å². The monoisotopic (exact) mass is 448 g/mol.